The molecule has 0 aliphatic rings. The molecule has 0 saturated heterocycles. The molecule has 5 nitrogen and oxygen atoms in total. The largest absolute Gasteiger partial charge is 0.468 e. The number of benzene rings is 1. The summed E-state index contributed by atoms with van der Waals surface area (Å²) >= 11 is 0. The Hall–Kier alpha value is -2.90. The van der Waals surface area contributed by atoms with Crippen LogP contribution in [0.25, 0.3) is 0 Å². The molecule has 1 atom stereocenters. The zero-order valence-corrected chi connectivity index (χ0v) is 13.1. The summed E-state index contributed by atoms with van der Waals surface area (Å²) in [5.74, 6) is -1.46. The van der Waals surface area contributed by atoms with Gasteiger partial charge in [-0.3, -0.25) is 4.79 Å². The number of ether oxygens (including phenoxy) is 2. The molecule has 1 aromatic heterocycles. The van der Waals surface area contributed by atoms with E-state index in [1.807, 2.05) is 0 Å². The van der Waals surface area contributed by atoms with Gasteiger partial charge in [-0.25, -0.2) is 9.78 Å². The van der Waals surface area contributed by atoms with Gasteiger partial charge in [0.15, 0.2) is 12.7 Å². The zero-order chi connectivity index (χ0) is 18.4. The van der Waals surface area contributed by atoms with Crippen LogP contribution in [0.1, 0.15) is 27.6 Å². The summed E-state index contributed by atoms with van der Waals surface area (Å²) in [5, 5.41) is 0. The molecule has 0 saturated carbocycles. The molecule has 0 spiro atoms. The van der Waals surface area contributed by atoms with Gasteiger partial charge in [-0.2, -0.15) is 13.2 Å². The average Bonchev–Trinajstić information content (AvgIpc) is 2.59. The van der Waals surface area contributed by atoms with E-state index in [9.17, 15) is 22.8 Å². The van der Waals surface area contributed by atoms with Crippen molar-refractivity contribution in [2.45, 2.75) is 19.2 Å². The van der Waals surface area contributed by atoms with E-state index < -0.39 is 24.9 Å². The number of hydrogen-bond donors (Lipinski definition) is 0. The molecular weight excluding hydrogens is 339 g/mol. The van der Waals surface area contributed by atoms with Crippen molar-refractivity contribution in [3.63, 3.8) is 0 Å². The van der Waals surface area contributed by atoms with Crippen LogP contribution in [0.3, 0.4) is 0 Å². The maximum Gasteiger partial charge on any atom is 0.422 e. The highest BCUT2D eigenvalue weighted by molar-refractivity contribution is 6.01. The highest BCUT2D eigenvalue weighted by Crippen LogP contribution is 2.17. The summed E-state index contributed by atoms with van der Waals surface area (Å²) in [6, 6.07) is 10.6. The van der Waals surface area contributed by atoms with Gasteiger partial charge in [0.1, 0.15) is 0 Å². The highest BCUT2D eigenvalue weighted by Gasteiger charge is 2.28. The smallest absolute Gasteiger partial charge is 0.422 e. The number of carbonyl (C=O) groups excluding carboxylic acids is 2. The van der Waals surface area contributed by atoms with Crippen LogP contribution in [-0.2, 0) is 4.74 Å². The molecule has 0 aliphatic heterocycles. The third-order valence-corrected chi connectivity index (χ3v) is 3.07. The molecule has 8 heteroatoms. The predicted molar refractivity (Wildman–Crippen MR) is 81.4 cm³/mol. The van der Waals surface area contributed by atoms with Crippen molar-refractivity contribution in [2.75, 3.05) is 6.61 Å². The van der Waals surface area contributed by atoms with Crippen LogP contribution >= 0.6 is 0 Å². The maximum absolute atomic E-state index is 12.1. The van der Waals surface area contributed by atoms with Crippen molar-refractivity contribution in [3.8, 4) is 5.88 Å². The Morgan fingerprint density at radius 3 is 2.32 bits per heavy atom. The Bertz CT molecular complexity index is 730. The van der Waals surface area contributed by atoms with Crippen molar-refractivity contribution in [3.05, 3.63) is 59.8 Å². The van der Waals surface area contributed by atoms with E-state index in [4.69, 9.17) is 4.74 Å². The fourth-order valence-electron chi connectivity index (χ4n) is 1.86. The lowest BCUT2D eigenvalue weighted by atomic mass is 10.1. The van der Waals surface area contributed by atoms with Gasteiger partial charge in [0.05, 0.1) is 5.56 Å². The Morgan fingerprint density at radius 2 is 1.76 bits per heavy atom. The minimum absolute atomic E-state index is 0.00734. The van der Waals surface area contributed by atoms with Gasteiger partial charge in [0.2, 0.25) is 11.7 Å². The summed E-state index contributed by atoms with van der Waals surface area (Å²) in [4.78, 5) is 27.7. The highest BCUT2D eigenvalue weighted by atomic mass is 19.4. The molecule has 1 heterocycles. The molecule has 0 bridgehead atoms. The number of Topliss-reactive ketones (excluding diaryl/α,β-unsaturated/α-hetero) is 1. The fourth-order valence-corrected chi connectivity index (χ4v) is 1.86. The number of rotatable bonds is 6. The van der Waals surface area contributed by atoms with Gasteiger partial charge in [-0.1, -0.05) is 30.3 Å². The maximum atomic E-state index is 12.1. The van der Waals surface area contributed by atoms with Gasteiger partial charge in [0.25, 0.3) is 0 Å². The molecule has 0 N–H and O–H groups in total. The molecule has 2 aromatic rings. The van der Waals surface area contributed by atoms with E-state index in [0.717, 1.165) is 12.3 Å². The minimum atomic E-state index is -4.48. The average molecular weight is 353 g/mol. The molecule has 1 aromatic carbocycles. The molecule has 2 rings (SSSR count). The molecule has 0 amide bonds. The number of alkyl halides is 3. The van der Waals surface area contributed by atoms with E-state index in [-0.39, 0.29) is 17.2 Å². The van der Waals surface area contributed by atoms with E-state index in [1.54, 1.807) is 30.3 Å². The second-order valence-electron chi connectivity index (χ2n) is 5.07. The second-order valence-corrected chi connectivity index (χ2v) is 5.07. The predicted octanol–water partition coefficient (Wildman–Crippen LogP) is 3.45. The van der Waals surface area contributed by atoms with Crippen LogP contribution in [-0.4, -0.2) is 35.6 Å². The van der Waals surface area contributed by atoms with Crippen LogP contribution < -0.4 is 4.74 Å². The van der Waals surface area contributed by atoms with Gasteiger partial charge in [-0.15, -0.1) is 0 Å². The Balaban J connectivity index is 1.95. The van der Waals surface area contributed by atoms with Crippen molar-refractivity contribution in [2.24, 2.45) is 0 Å². The van der Waals surface area contributed by atoms with Crippen LogP contribution in [0.4, 0.5) is 13.2 Å². The van der Waals surface area contributed by atoms with Crippen molar-refractivity contribution in [1.29, 1.82) is 0 Å². The fraction of sp³-hybridized carbons (Fsp3) is 0.235. The number of pyridine rings is 1. The quantitative estimate of drug-likeness (QED) is 0.588. The third kappa shape index (κ3) is 5.59. The van der Waals surface area contributed by atoms with Crippen LogP contribution in [0.2, 0.25) is 0 Å². The second kappa shape index (κ2) is 7.78. The number of halogens is 3. The number of ketones is 1. The first-order valence-electron chi connectivity index (χ1n) is 7.22. The van der Waals surface area contributed by atoms with Crippen molar-refractivity contribution < 1.29 is 32.2 Å². The van der Waals surface area contributed by atoms with Crippen molar-refractivity contribution >= 4 is 11.8 Å². The molecule has 25 heavy (non-hydrogen) atoms. The first-order valence-corrected chi connectivity index (χ1v) is 7.22. The van der Waals surface area contributed by atoms with Gasteiger partial charge in [0, 0.05) is 17.8 Å². The standard InChI is InChI=1S/C17H14F3NO4/c1-11(15(22)12-5-3-2-4-6-12)25-16(23)13-7-8-14(21-9-13)24-10-17(18,19)20/h2-9,11H,10H2,1H3. The third-order valence-electron chi connectivity index (χ3n) is 3.07. The lowest BCUT2D eigenvalue weighted by molar-refractivity contribution is -0.154. The van der Waals surface area contributed by atoms with Gasteiger partial charge >= 0.3 is 12.1 Å². The Labute approximate surface area is 141 Å². The monoisotopic (exact) mass is 353 g/mol. The summed E-state index contributed by atoms with van der Waals surface area (Å²) < 4.78 is 45.6. The normalized spacial score (nSPS) is 12.3. The molecule has 1 unspecified atom stereocenters. The number of nitrogens with zero attached hydrogens (tertiary/aromatic N) is 1. The SMILES string of the molecule is CC(OC(=O)c1ccc(OCC(F)(F)F)nc1)C(=O)c1ccccc1. The van der Waals surface area contributed by atoms with E-state index in [2.05, 4.69) is 9.72 Å². The van der Waals surface area contributed by atoms with Crippen LogP contribution in [0.15, 0.2) is 48.7 Å². The topological polar surface area (TPSA) is 65.5 Å². The molecular formula is C17H14F3NO4. The number of hydrogen-bond acceptors (Lipinski definition) is 5. The molecule has 0 fully saturated rings. The lowest BCUT2D eigenvalue weighted by Gasteiger charge is -2.12. The van der Waals surface area contributed by atoms with E-state index in [0.29, 0.717) is 5.56 Å². The number of esters is 1. The lowest BCUT2D eigenvalue weighted by Crippen LogP contribution is -2.24. The minimum Gasteiger partial charge on any atom is -0.468 e. The van der Waals surface area contributed by atoms with Gasteiger partial charge < -0.3 is 9.47 Å². The molecule has 132 valence electrons. The van der Waals surface area contributed by atoms with E-state index >= 15 is 0 Å². The van der Waals surface area contributed by atoms with Crippen LogP contribution in [0, 0.1) is 0 Å². The first-order chi connectivity index (χ1) is 11.8. The summed E-state index contributed by atoms with van der Waals surface area (Å²) in [6.45, 7) is -0.0477. The Kier molecular flexibility index (Phi) is 5.74. The van der Waals surface area contributed by atoms with Crippen LogP contribution in [0.5, 0.6) is 5.88 Å². The zero-order valence-electron chi connectivity index (χ0n) is 13.1. The summed E-state index contributed by atoms with van der Waals surface area (Å²) in [6.07, 6.45) is -4.48. The Morgan fingerprint density at radius 1 is 1.08 bits per heavy atom. The van der Waals surface area contributed by atoms with E-state index in [1.165, 1.54) is 13.0 Å². The number of carbonyl (C=O) groups is 2. The number of aromatic nitrogens is 1. The molecule has 0 radical (unpaired) electrons. The van der Waals surface area contributed by atoms with Crippen molar-refractivity contribution in [1.82, 2.24) is 4.98 Å². The molecule has 0 aliphatic carbocycles. The van der Waals surface area contributed by atoms with Gasteiger partial charge in [-0.05, 0) is 13.0 Å². The summed E-state index contributed by atoms with van der Waals surface area (Å²) in [7, 11) is 0. The summed E-state index contributed by atoms with van der Waals surface area (Å²) in [5.41, 5.74) is 0.392. The first kappa shape index (κ1) is 18.4.